The van der Waals surface area contributed by atoms with Crippen LogP contribution < -0.4 is 4.72 Å². The van der Waals surface area contributed by atoms with Crippen LogP contribution in [0.25, 0.3) is 10.4 Å². The average Bonchev–Trinajstić information content (AvgIpc) is 2.09. The molecule has 0 aromatic heterocycles. The lowest BCUT2D eigenvalue weighted by Crippen LogP contribution is -2.28. The van der Waals surface area contributed by atoms with Gasteiger partial charge in [0, 0.05) is 18.0 Å². The van der Waals surface area contributed by atoms with Gasteiger partial charge in [-0.05, 0) is 12.0 Å². The standard InChI is InChI=1S/C6H14N4O2S/c1-2-3-6-13(11,12)9-5-4-8-10-7/h9H,2-6H2,1H3. The summed E-state index contributed by atoms with van der Waals surface area (Å²) in [7, 11) is -3.16. The molecule has 0 rings (SSSR count). The number of hydrogen-bond acceptors (Lipinski definition) is 3. The van der Waals surface area contributed by atoms with Gasteiger partial charge in [-0.25, -0.2) is 13.1 Å². The van der Waals surface area contributed by atoms with Crippen molar-refractivity contribution in [2.75, 3.05) is 18.8 Å². The minimum Gasteiger partial charge on any atom is -0.215 e. The van der Waals surface area contributed by atoms with Crippen molar-refractivity contribution in [2.45, 2.75) is 19.8 Å². The van der Waals surface area contributed by atoms with Gasteiger partial charge in [-0.2, -0.15) is 0 Å². The molecule has 7 heteroatoms. The summed E-state index contributed by atoms with van der Waals surface area (Å²) < 4.78 is 24.5. The summed E-state index contributed by atoms with van der Waals surface area (Å²) in [4.78, 5) is 2.51. The molecule has 0 aromatic carbocycles. The van der Waals surface area contributed by atoms with Crippen LogP contribution in [0.5, 0.6) is 0 Å². The summed E-state index contributed by atoms with van der Waals surface area (Å²) in [6, 6.07) is 0. The molecule has 13 heavy (non-hydrogen) atoms. The second-order valence-corrected chi connectivity index (χ2v) is 4.45. The van der Waals surface area contributed by atoms with Gasteiger partial charge in [0.2, 0.25) is 10.0 Å². The van der Waals surface area contributed by atoms with E-state index in [4.69, 9.17) is 5.53 Å². The molecule has 0 saturated heterocycles. The highest BCUT2D eigenvalue weighted by Gasteiger charge is 2.06. The van der Waals surface area contributed by atoms with Gasteiger partial charge in [0.25, 0.3) is 0 Å². The van der Waals surface area contributed by atoms with Crippen molar-refractivity contribution in [1.29, 1.82) is 0 Å². The normalized spacial score (nSPS) is 10.8. The molecular weight excluding hydrogens is 192 g/mol. The van der Waals surface area contributed by atoms with Gasteiger partial charge in [-0.1, -0.05) is 18.5 Å². The lowest BCUT2D eigenvalue weighted by atomic mass is 10.4. The number of unbranched alkanes of at least 4 members (excludes halogenated alkanes) is 1. The topological polar surface area (TPSA) is 94.9 Å². The minimum absolute atomic E-state index is 0.139. The van der Waals surface area contributed by atoms with Crippen LogP contribution in [0, 0.1) is 0 Å². The maximum Gasteiger partial charge on any atom is 0.211 e. The van der Waals surface area contributed by atoms with E-state index >= 15 is 0 Å². The second-order valence-electron chi connectivity index (χ2n) is 2.52. The molecule has 0 amide bonds. The molecule has 0 unspecified atom stereocenters. The predicted octanol–water partition coefficient (Wildman–Crippen LogP) is 1.02. The van der Waals surface area contributed by atoms with Gasteiger partial charge >= 0.3 is 0 Å². The summed E-state index contributed by atoms with van der Waals surface area (Å²) in [6.07, 6.45) is 1.49. The number of rotatable bonds is 7. The second kappa shape index (κ2) is 6.71. The van der Waals surface area contributed by atoms with Crippen LogP contribution in [0.15, 0.2) is 5.11 Å². The average molecular weight is 206 g/mol. The van der Waals surface area contributed by atoms with Crippen molar-refractivity contribution in [3.63, 3.8) is 0 Å². The molecule has 0 heterocycles. The van der Waals surface area contributed by atoms with Gasteiger partial charge in [0.1, 0.15) is 0 Å². The number of azide groups is 1. The van der Waals surface area contributed by atoms with E-state index in [9.17, 15) is 8.42 Å². The minimum atomic E-state index is -3.16. The van der Waals surface area contributed by atoms with Crippen LogP contribution in [0.3, 0.4) is 0 Å². The summed E-state index contributed by atoms with van der Waals surface area (Å²) in [6.45, 7) is 2.26. The van der Waals surface area contributed by atoms with Crippen LogP contribution in [0.4, 0.5) is 0 Å². The number of nitrogens with one attached hydrogen (secondary N) is 1. The Labute approximate surface area is 78.0 Å². The van der Waals surface area contributed by atoms with E-state index in [1.165, 1.54) is 0 Å². The zero-order valence-electron chi connectivity index (χ0n) is 7.60. The molecule has 6 nitrogen and oxygen atoms in total. The molecule has 0 aliphatic carbocycles. The van der Waals surface area contributed by atoms with E-state index in [-0.39, 0.29) is 18.8 Å². The fourth-order valence-corrected chi connectivity index (χ4v) is 1.92. The van der Waals surface area contributed by atoms with E-state index in [1.807, 2.05) is 6.92 Å². The SMILES string of the molecule is CCCCS(=O)(=O)NCCN=[N+]=[N-]. The van der Waals surface area contributed by atoms with Gasteiger partial charge in [0.05, 0.1) is 5.75 Å². The first-order valence-corrected chi connectivity index (χ1v) is 5.76. The lowest BCUT2D eigenvalue weighted by Gasteiger charge is -2.03. The summed E-state index contributed by atoms with van der Waals surface area (Å²) in [5.41, 5.74) is 7.92. The Bertz CT molecular complexity index is 268. The molecular formula is C6H14N4O2S. The fourth-order valence-electron chi connectivity index (χ4n) is 0.702. The Morgan fingerprint density at radius 1 is 1.54 bits per heavy atom. The number of nitrogens with zero attached hydrogens (tertiary/aromatic N) is 3. The molecule has 0 aliphatic rings. The van der Waals surface area contributed by atoms with E-state index < -0.39 is 10.0 Å². The summed E-state index contributed by atoms with van der Waals surface area (Å²) in [5.74, 6) is 0.139. The van der Waals surface area contributed by atoms with Crippen LogP contribution in [0.2, 0.25) is 0 Å². The van der Waals surface area contributed by atoms with Crippen molar-refractivity contribution in [3.8, 4) is 0 Å². The first-order chi connectivity index (χ1) is 6.12. The van der Waals surface area contributed by atoms with Crippen LogP contribution >= 0.6 is 0 Å². The molecule has 0 aromatic rings. The third-order valence-corrected chi connectivity index (χ3v) is 2.83. The zero-order valence-corrected chi connectivity index (χ0v) is 8.42. The largest absolute Gasteiger partial charge is 0.215 e. The smallest absolute Gasteiger partial charge is 0.211 e. The lowest BCUT2D eigenvalue weighted by molar-refractivity contribution is 0.579. The number of hydrogen-bond donors (Lipinski definition) is 1. The van der Waals surface area contributed by atoms with E-state index in [1.54, 1.807) is 0 Å². The third kappa shape index (κ3) is 7.58. The van der Waals surface area contributed by atoms with Gasteiger partial charge in [-0.15, -0.1) is 0 Å². The summed E-state index contributed by atoms with van der Waals surface area (Å²) >= 11 is 0. The Kier molecular flexibility index (Phi) is 6.30. The molecule has 76 valence electrons. The highest BCUT2D eigenvalue weighted by molar-refractivity contribution is 7.89. The van der Waals surface area contributed by atoms with E-state index in [0.29, 0.717) is 6.42 Å². The fraction of sp³-hybridized carbons (Fsp3) is 1.00. The maximum atomic E-state index is 11.1. The van der Waals surface area contributed by atoms with Crippen molar-refractivity contribution in [2.24, 2.45) is 5.11 Å². The highest BCUT2D eigenvalue weighted by Crippen LogP contribution is 1.92. The third-order valence-electron chi connectivity index (χ3n) is 1.36. The van der Waals surface area contributed by atoms with Crippen LogP contribution in [-0.4, -0.2) is 27.3 Å². The zero-order chi connectivity index (χ0) is 10.2. The first-order valence-electron chi connectivity index (χ1n) is 4.10. The Morgan fingerprint density at radius 3 is 2.77 bits per heavy atom. The molecule has 0 spiro atoms. The quantitative estimate of drug-likeness (QED) is 0.291. The molecule has 0 radical (unpaired) electrons. The first kappa shape index (κ1) is 12.2. The summed E-state index contributed by atoms with van der Waals surface area (Å²) in [5, 5.41) is 3.21. The van der Waals surface area contributed by atoms with E-state index in [2.05, 4.69) is 14.7 Å². The molecule has 0 atom stereocenters. The molecule has 0 fully saturated rings. The molecule has 0 saturated carbocycles. The van der Waals surface area contributed by atoms with Crippen molar-refractivity contribution < 1.29 is 8.42 Å². The Morgan fingerprint density at radius 2 is 2.23 bits per heavy atom. The van der Waals surface area contributed by atoms with Gasteiger partial charge < -0.3 is 0 Å². The van der Waals surface area contributed by atoms with Crippen LogP contribution in [0.1, 0.15) is 19.8 Å². The monoisotopic (exact) mass is 206 g/mol. The predicted molar refractivity (Wildman–Crippen MR) is 50.7 cm³/mol. The molecule has 0 bridgehead atoms. The van der Waals surface area contributed by atoms with E-state index in [0.717, 1.165) is 6.42 Å². The molecule has 0 aliphatic heterocycles. The van der Waals surface area contributed by atoms with Gasteiger partial charge in [-0.3, -0.25) is 0 Å². The molecule has 1 N–H and O–H groups in total. The Balaban J connectivity index is 3.69. The highest BCUT2D eigenvalue weighted by atomic mass is 32.2. The Hall–Kier alpha value is -0.780. The van der Waals surface area contributed by atoms with Crippen molar-refractivity contribution in [3.05, 3.63) is 10.4 Å². The van der Waals surface area contributed by atoms with Crippen molar-refractivity contribution >= 4 is 10.0 Å². The maximum absolute atomic E-state index is 11.1. The number of sulfonamides is 1. The van der Waals surface area contributed by atoms with Gasteiger partial charge in [0.15, 0.2) is 0 Å². The van der Waals surface area contributed by atoms with Crippen LogP contribution in [-0.2, 0) is 10.0 Å². The van der Waals surface area contributed by atoms with Crippen molar-refractivity contribution in [1.82, 2.24) is 4.72 Å².